The Morgan fingerprint density at radius 2 is 2.26 bits per heavy atom. The zero-order valence-electron chi connectivity index (χ0n) is 11.4. The van der Waals surface area contributed by atoms with Crippen molar-refractivity contribution < 1.29 is 4.79 Å². The lowest BCUT2D eigenvalue weighted by atomic mass is 10.2. The summed E-state index contributed by atoms with van der Waals surface area (Å²) in [6.45, 7) is 5.29. The molecule has 1 atom stereocenters. The first-order valence-corrected chi connectivity index (χ1v) is 8.13. The molecule has 2 aromatic rings. The van der Waals surface area contributed by atoms with Crippen LogP contribution in [0.3, 0.4) is 0 Å². The molecule has 6 heteroatoms. The maximum Gasteiger partial charge on any atom is 0.263 e. The fourth-order valence-electron chi connectivity index (χ4n) is 1.87. The van der Waals surface area contributed by atoms with Crippen molar-refractivity contribution in [3.05, 3.63) is 21.3 Å². The van der Waals surface area contributed by atoms with Crippen molar-refractivity contribution in [1.82, 2.24) is 9.55 Å². The topological polar surface area (TPSA) is 52.0 Å². The van der Waals surface area contributed by atoms with E-state index in [1.165, 1.54) is 23.3 Å². The van der Waals surface area contributed by atoms with Crippen LogP contribution >= 0.6 is 23.1 Å². The molecule has 0 fully saturated rings. The SMILES string of the molecule is CCc1cc2c(=O)n(C(C)C(C)=O)c(SC)nc2s1. The second-order valence-electron chi connectivity index (χ2n) is 4.35. The number of carbonyl (C=O) groups is 1. The van der Waals surface area contributed by atoms with Crippen molar-refractivity contribution in [2.45, 2.75) is 38.4 Å². The van der Waals surface area contributed by atoms with Gasteiger partial charge in [0.1, 0.15) is 4.83 Å². The van der Waals surface area contributed by atoms with Crippen LogP contribution in [0, 0.1) is 0 Å². The molecule has 0 aliphatic carbocycles. The van der Waals surface area contributed by atoms with E-state index in [1.54, 1.807) is 18.3 Å². The quantitative estimate of drug-likeness (QED) is 0.643. The predicted molar refractivity (Wildman–Crippen MR) is 80.4 cm³/mol. The lowest BCUT2D eigenvalue weighted by Gasteiger charge is -2.15. The van der Waals surface area contributed by atoms with Gasteiger partial charge < -0.3 is 0 Å². The first kappa shape index (κ1) is 14.3. The molecule has 0 spiro atoms. The molecule has 2 rings (SSSR count). The van der Waals surface area contributed by atoms with E-state index in [9.17, 15) is 9.59 Å². The lowest BCUT2D eigenvalue weighted by molar-refractivity contribution is -0.119. The first-order valence-electron chi connectivity index (χ1n) is 6.09. The van der Waals surface area contributed by atoms with Gasteiger partial charge in [0.2, 0.25) is 0 Å². The molecule has 2 aromatic heterocycles. The molecule has 0 radical (unpaired) electrons. The number of aromatic nitrogens is 2. The number of rotatable bonds is 4. The zero-order valence-corrected chi connectivity index (χ0v) is 13.0. The number of aryl methyl sites for hydroxylation is 1. The van der Waals surface area contributed by atoms with E-state index in [-0.39, 0.29) is 11.3 Å². The van der Waals surface area contributed by atoms with Crippen molar-refractivity contribution in [3.63, 3.8) is 0 Å². The van der Waals surface area contributed by atoms with Gasteiger partial charge in [-0.05, 0) is 32.6 Å². The van der Waals surface area contributed by atoms with Gasteiger partial charge in [0.15, 0.2) is 10.9 Å². The summed E-state index contributed by atoms with van der Waals surface area (Å²) in [7, 11) is 0. The van der Waals surface area contributed by atoms with E-state index >= 15 is 0 Å². The van der Waals surface area contributed by atoms with Gasteiger partial charge in [0, 0.05) is 4.88 Å². The average molecular weight is 296 g/mol. The monoisotopic (exact) mass is 296 g/mol. The highest BCUT2D eigenvalue weighted by Gasteiger charge is 2.19. The van der Waals surface area contributed by atoms with Crippen molar-refractivity contribution in [3.8, 4) is 0 Å². The van der Waals surface area contributed by atoms with Crippen LogP contribution in [0.4, 0.5) is 0 Å². The van der Waals surface area contributed by atoms with Crippen molar-refractivity contribution in [2.24, 2.45) is 0 Å². The Hall–Kier alpha value is -1.14. The number of hydrogen-bond acceptors (Lipinski definition) is 5. The number of fused-ring (bicyclic) bond motifs is 1. The summed E-state index contributed by atoms with van der Waals surface area (Å²) >= 11 is 2.94. The van der Waals surface area contributed by atoms with E-state index in [0.29, 0.717) is 10.5 Å². The molecule has 0 saturated heterocycles. The van der Waals surface area contributed by atoms with E-state index in [2.05, 4.69) is 11.9 Å². The molecule has 0 bridgehead atoms. The normalized spacial score (nSPS) is 12.8. The molecule has 4 nitrogen and oxygen atoms in total. The molecule has 0 amide bonds. The van der Waals surface area contributed by atoms with Gasteiger partial charge in [-0.3, -0.25) is 14.2 Å². The van der Waals surface area contributed by atoms with Crippen LogP contribution in [0.1, 0.15) is 31.7 Å². The number of ketones is 1. The summed E-state index contributed by atoms with van der Waals surface area (Å²) in [6, 6.07) is 1.42. The summed E-state index contributed by atoms with van der Waals surface area (Å²) < 4.78 is 1.50. The van der Waals surface area contributed by atoms with Crippen LogP contribution in [0.2, 0.25) is 0 Å². The van der Waals surface area contributed by atoms with E-state index < -0.39 is 6.04 Å². The van der Waals surface area contributed by atoms with Gasteiger partial charge in [-0.1, -0.05) is 18.7 Å². The Balaban J connectivity index is 2.78. The van der Waals surface area contributed by atoms with Crippen LogP contribution in [-0.4, -0.2) is 21.6 Å². The standard InChI is InChI=1S/C13H16N2O2S2/c1-5-9-6-10-11(19-9)14-13(18-4)15(12(10)17)7(2)8(3)16/h6-7H,5H2,1-4H3. The summed E-state index contributed by atoms with van der Waals surface area (Å²) in [5.74, 6) is -0.0375. The Bertz CT molecular complexity index is 688. The first-order chi connectivity index (χ1) is 8.99. The van der Waals surface area contributed by atoms with Gasteiger partial charge >= 0.3 is 0 Å². The molecule has 102 valence electrons. The zero-order chi connectivity index (χ0) is 14.2. The Labute approximate surface area is 119 Å². The van der Waals surface area contributed by atoms with Crippen LogP contribution in [0.15, 0.2) is 16.0 Å². The molecular weight excluding hydrogens is 280 g/mol. The third-order valence-corrected chi connectivity index (χ3v) is 4.95. The third kappa shape index (κ3) is 2.47. The molecule has 0 aliphatic heterocycles. The fraction of sp³-hybridized carbons (Fsp3) is 0.462. The molecule has 1 unspecified atom stereocenters. The Morgan fingerprint density at radius 1 is 1.58 bits per heavy atom. The highest BCUT2D eigenvalue weighted by atomic mass is 32.2. The molecule has 19 heavy (non-hydrogen) atoms. The lowest BCUT2D eigenvalue weighted by Crippen LogP contribution is -2.29. The van der Waals surface area contributed by atoms with E-state index in [0.717, 1.165) is 16.1 Å². The summed E-state index contributed by atoms with van der Waals surface area (Å²) in [4.78, 5) is 30.5. The van der Waals surface area contributed by atoms with E-state index in [4.69, 9.17) is 0 Å². The summed E-state index contributed by atoms with van der Waals surface area (Å²) in [5, 5.41) is 1.22. The molecule has 0 saturated carbocycles. The molecule has 0 aliphatic rings. The summed E-state index contributed by atoms with van der Waals surface area (Å²) in [6.07, 6.45) is 2.75. The highest BCUT2D eigenvalue weighted by Crippen LogP contribution is 2.25. The maximum atomic E-state index is 12.5. The second kappa shape index (κ2) is 5.46. The average Bonchev–Trinajstić information content (AvgIpc) is 2.81. The number of Topliss-reactive ketones (excluding diaryl/α,β-unsaturated/α-hetero) is 1. The molecule has 0 N–H and O–H groups in total. The smallest absolute Gasteiger partial charge is 0.263 e. The van der Waals surface area contributed by atoms with Crippen LogP contribution < -0.4 is 5.56 Å². The number of nitrogens with zero attached hydrogens (tertiary/aromatic N) is 2. The molecular formula is C13H16N2O2S2. The Kier molecular flexibility index (Phi) is 4.10. The predicted octanol–water partition coefficient (Wildman–Crippen LogP) is 2.89. The minimum absolute atomic E-state index is 0.0375. The summed E-state index contributed by atoms with van der Waals surface area (Å²) in [5.41, 5.74) is -0.118. The van der Waals surface area contributed by atoms with Gasteiger partial charge in [-0.15, -0.1) is 11.3 Å². The van der Waals surface area contributed by atoms with Gasteiger partial charge in [0.25, 0.3) is 5.56 Å². The van der Waals surface area contributed by atoms with E-state index in [1.807, 2.05) is 12.3 Å². The van der Waals surface area contributed by atoms with Gasteiger partial charge in [0.05, 0.1) is 11.4 Å². The van der Waals surface area contributed by atoms with Crippen LogP contribution in [0.5, 0.6) is 0 Å². The third-order valence-electron chi connectivity index (χ3n) is 3.12. The van der Waals surface area contributed by atoms with Crippen LogP contribution in [0.25, 0.3) is 10.2 Å². The molecule has 2 heterocycles. The number of carbonyl (C=O) groups excluding carboxylic acids is 1. The fourth-order valence-corrected chi connectivity index (χ4v) is 3.50. The Morgan fingerprint density at radius 3 is 2.79 bits per heavy atom. The van der Waals surface area contributed by atoms with Gasteiger partial charge in [-0.2, -0.15) is 0 Å². The number of thiophene rings is 1. The minimum atomic E-state index is -0.475. The number of hydrogen-bond donors (Lipinski definition) is 0. The van der Waals surface area contributed by atoms with Crippen LogP contribution in [-0.2, 0) is 11.2 Å². The van der Waals surface area contributed by atoms with Crippen molar-refractivity contribution in [2.75, 3.05) is 6.26 Å². The minimum Gasteiger partial charge on any atom is -0.298 e. The maximum absolute atomic E-state index is 12.5. The van der Waals surface area contributed by atoms with Crippen molar-refractivity contribution in [1.29, 1.82) is 0 Å². The second-order valence-corrected chi connectivity index (χ2v) is 6.23. The van der Waals surface area contributed by atoms with Gasteiger partial charge in [-0.25, -0.2) is 4.98 Å². The largest absolute Gasteiger partial charge is 0.298 e. The number of thioether (sulfide) groups is 1. The highest BCUT2D eigenvalue weighted by molar-refractivity contribution is 7.98. The molecule has 0 aromatic carbocycles. The van der Waals surface area contributed by atoms with Crippen molar-refractivity contribution >= 4 is 39.1 Å².